The van der Waals surface area contributed by atoms with Crippen LogP contribution in [0.4, 0.5) is 4.79 Å². The van der Waals surface area contributed by atoms with E-state index in [1.54, 1.807) is 7.11 Å². The molecule has 0 aromatic heterocycles. The van der Waals surface area contributed by atoms with Crippen LogP contribution in [0.2, 0.25) is 10.0 Å². The maximum Gasteiger partial charge on any atom is 0.410 e. The van der Waals surface area contributed by atoms with Crippen LogP contribution in [-0.4, -0.2) is 43.4 Å². The number of fused-ring (bicyclic) bond motifs is 1. The highest BCUT2D eigenvalue weighted by Crippen LogP contribution is 2.64. The highest BCUT2D eigenvalue weighted by atomic mass is 35.5. The molecule has 3 rings (SSSR count). The number of carbonyl (C=O) groups excluding carboxylic acids is 1. The zero-order valence-corrected chi connectivity index (χ0v) is 16.7. The van der Waals surface area contributed by atoms with Crippen molar-refractivity contribution in [3.05, 3.63) is 33.8 Å². The molecule has 1 saturated heterocycles. The van der Waals surface area contributed by atoms with Crippen molar-refractivity contribution in [2.75, 3.05) is 26.8 Å². The molecule has 1 amide bonds. The highest BCUT2D eigenvalue weighted by molar-refractivity contribution is 6.42. The van der Waals surface area contributed by atoms with Gasteiger partial charge in [-0.3, -0.25) is 0 Å². The largest absolute Gasteiger partial charge is 0.444 e. The summed E-state index contributed by atoms with van der Waals surface area (Å²) < 4.78 is 11.1. The Balaban J connectivity index is 1.80. The number of halogens is 2. The Kier molecular flexibility index (Phi) is 5.00. The first-order valence-corrected chi connectivity index (χ1v) is 9.37. The summed E-state index contributed by atoms with van der Waals surface area (Å²) in [5, 5.41) is 1.11. The van der Waals surface area contributed by atoms with E-state index in [0.29, 0.717) is 41.6 Å². The van der Waals surface area contributed by atoms with E-state index in [9.17, 15) is 4.79 Å². The summed E-state index contributed by atoms with van der Waals surface area (Å²) in [4.78, 5) is 14.2. The molecular weight excluding hydrogens is 361 g/mol. The van der Waals surface area contributed by atoms with Crippen LogP contribution in [0.5, 0.6) is 0 Å². The molecule has 1 aliphatic carbocycles. The van der Waals surface area contributed by atoms with Gasteiger partial charge in [-0.15, -0.1) is 0 Å². The van der Waals surface area contributed by atoms with E-state index in [1.165, 1.54) is 0 Å². The first kappa shape index (κ1) is 18.8. The molecule has 1 aromatic rings. The Morgan fingerprint density at radius 2 is 2.00 bits per heavy atom. The molecule has 0 spiro atoms. The second-order valence-electron chi connectivity index (χ2n) is 8.03. The van der Waals surface area contributed by atoms with Crippen LogP contribution in [-0.2, 0) is 14.9 Å². The van der Waals surface area contributed by atoms with Gasteiger partial charge in [0.25, 0.3) is 0 Å². The Morgan fingerprint density at radius 3 is 2.60 bits per heavy atom. The van der Waals surface area contributed by atoms with Gasteiger partial charge >= 0.3 is 6.09 Å². The van der Waals surface area contributed by atoms with Crippen LogP contribution in [0.3, 0.4) is 0 Å². The predicted molar refractivity (Wildman–Crippen MR) is 99.4 cm³/mol. The monoisotopic (exact) mass is 385 g/mol. The predicted octanol–water partition coefficient (Wildman–Crippen LogP) is 4.76. The standard InChI is InChI=1S/C19H25Cl2NO3/c1-18(2,3)25-17(23)22-8-7-13-14(10-22)19(13,11-24-4)12-5-6-15(20)16(21)9-12/h5-6,9,13-14H,7-8,10-11H2,1-4H3/t13-,14+,19+/m0/s1. The van der Waals surface area contributed by atoms with E-state index in [0.717, 1.165) is 12.0 Å². The Bertz CT molecular complexity index is 673. The molecule has 2 aliphatic rings. The number of piperidine rings is 1. The average molecular weight is 386 g/mol. The van der Waals surface area contributed by atoms with E-state index in [4.69, 9.17) is 32.7 Å². The molecule has 3 atom stereocenters. The van der Waals surface area contributed by atoms with Gasteiger partial charge in [0.2, 0.25) is 0 Å². The van der Waals surface area contributed by atoms with Crippen LogP contribution < -0.4 is 0 Å². The molecule has 4 nitrogen and oxygen atoms in total. The highest BCUT2D eigenvalue weighted by Gasteiger charge is 2.67. The van der Waals surface area contributed by atoms with Gasteiger partial charge in [-0.25, -0.2) is 4.79 Å². The van der Waals surface area contributed by atoms with E-state index >= 15 is 0 Å². The Labute approximate surface area is 159 Å². The molecule has 0 unspecified atom stereocenters. The quantitative estimate of drug-likeness (QED) is 0.752. The summed E-state index contributed by atoms with van der Waals surface area (Å²) >= 11 is 12.3. The summed E-state index contributed by atoms with van der Waals surface area (Å²) in [6.45, 7) is 7.67. The smallest absolute Gasteiger partial charge is 0.410 e. The number of nitrogens with zero attached hydrogens (tertiary/aromatic N) is 1. The van der Waals surface area contributed by atoms with Gasteiger partial charge in [-0.2, -0.15) is 0 Å². The number of carbonyl (C=O) groups is 1. The lowest BCUT2D eigenvalue weighted by Gasteiger charge is -2.29. The second-order valence-corrected chi connectivity index (χ2v) is 8.84. The van der Waals surface area contributed by atoms with Gasteiger partial charge in [-0.1, -0.05) is 29.3 Å². The molecular formula is C19H25Cl2NO3. The normalized spacial score (nSPS) is 28.5. The van der Waals surface area contributed by atoms with Crippen LogP contribution in [0.1, 0.15) is 32.8 Å². The first-order chi connectivity index (χ1) is 11.7. The summed E-state index contributed by atoms with van der Waals surface area (Å²) in [6, 6.07) is 5.81. The lowest BCUT2D eigenvalue weighted by molar-refractivity contribution is 0.0205. The molecule has 0 radical (unpaired) electrons. The van der Waals surface area contributed by atoms with Crippen LogP contribution in [0.15, 0.2) is 18.2 Å². The molecule has 25 heavy (non-hydrogen) atoms. The summed E-state index contributed by atoms with van der Waals surface area (Å²) in [5.74, 6) is 0.842. The SMILES string of the molecule is COC[C@]1(c2ccc(Cl)c(Cl)c2)[C@@H]2CN(C(=O)OC(C)(C)C)CC[C@@H]21. The number of hydrogen-bond donors (Lipinski definition) is 0. The number of ether oxygens (including phenoxy) is 2. The molecule has 2 fully saturated rings. The van der Waals surface area contributed by atoms with Crippen LogP contribution >= 0.6 is 23.2 Å². The fourth-order valence-corrected chi connectivity index (χ4v) is 4.52. The molecule has 1 aliphatic heterocycles. The van der Waals surface area contributed by atoms with E-state index < -0.39 is 5.60 Å². The van der Waals surface area contributed by atoms with Crippen molar-refractivity contribution in [2.45, 2.75) is 38.2 Å². The second kappa shape index (κ2) is 6.64. The van der Waals surface area contributed by atoms with Crippen molar-refractivity contribution < 1.29 is 14.3 Å². The van der Waals surface area contributed by atoms with E-state index in [2.05, 4.69) is 0 Å². The van der Waals surface area contributed by atoms with Crippen molar-refractivity contribution in [1.82, 2.24) is 4.90 Å². The third-order valence-corrected chi connectivity index (χ3v) is 6.06. The van der Waals surface area contributed by atoms with Crippen molar-refractivity contribution in [2.24, 2.45) is 11.8 Å². The number of benzene rings is 1. The summed E-state index contributed by atoms with van der Waals surface area (Å²) in [5.41, 5.74) is 0.565. The van der Waals surface area contributed by atoms with Gasteiger partial charge in [0.05, 0.1) is 16.7 Å². The molecule has 0 bridgehead atoms. The minimum atomic E-state index is -0.481. The van der Waals surface area contributed by atoms with Crippen LogP contribution in [0.25, 0.3) is 0 Å². The van der Waals surface area contributed by atoms with E-state index in [-0.39, 0.29) is 11.5 Å². The molecule has 1 aromatic carbocycles. The van der Waals surface area contributed by atoms with Gasteiger partial charge in [0.15, 0.2) is 0 Å². The third-order valence-electron chi connectivity index (χ3n) is 5.32. The van der Waals surface area contributed by atoms with Crippen LogP contribution in [0, 0.1) is 11.8 Å². The zero-order chi connectivity index (χ0) is 18.4. The van der Waals surface area contributed by atoms with Crippen molar-refractivity contribution in [3.63, 3.8) is 0 Å². The topological polar surface area (TPSA) is 38.8 Å². The maximum absolute atomic E-state index is 12.4. The Hall–Kier alpha value is -0.970. The fraction of sp³-hybridized carbons (Fsp3) is 0.632. The Morgan fingerprint density at radius 1 is 1.28 bits per heavy atom. The number of amides is 1. The molecule has 1 heterocycles. The maximum atomic E-state index is 12.4. The van der Waals surface area contributed by atoms with Crippen molar-refractivity contribution in [1.29, 1.82) is 0 Å². The zero-order valence-electron chi connectivity index (χ0n) is 15.1. The summed E-state index contributed by atoms with van der Waals surface area (Å²) in [7, 11) is 1.72. The van der Waals surface area contributed by atoms with Gasteiger partial charge < -0.3 is 14.4 Å². The number of methoxy groups -OCH3 is 1. The minimum Gasteiger partial charge on any atom is -0.444 e. The van der Waals surface area contributed by atoms with E-state index in [1.807, 2.05) is 43.9 Å². The molecule has 6 heteroatoms. The number of rotatable bonds is 3. The van der Waals surface area contributed by atoms with Crippen molar-refractivity contribution >= 4 is 29.3 Å². The van der Waals surface area contributed by atoms with Gasteiger partial charge in [-0.05, 0) is 56.7 Å². The number of hydrogen-bond acceptors (Lipinski definition) is 3. The minimum absolute atomic E-state index is 0.0975. The molecule has 1 saturated carbocycles. The van der Waals surface area contributed by atoms with Gasteiger partial charge in [0.1, 0.15) is 5.60 Å². The lowest BCUT2D eigenvalue weighted by Crippen LogP contribution is -2.40. The number of likely N-dealkylation sites (tertiary alicyclic amines) is 1. The summed E-state index contributed by atoms with van der Waals surface area (Å²) in [6.07, 6.45) is 0.700. The fourth-order valence-electron chi connectivity index (χ4n) is 4.22. The van der Waals surface area contributed by atoms with Crippen molar-refractivity contribution in [3.8, 4) is 0 Å². The average Bonchev–Trinajstić information content (AvgIpc) is 3.16. The lowest BCUT2D eigenvalue weighted by atomic mass is 9.92. The van der Waals surface area contributed by atoms with Gasteiger partial charge in [0, 0.05) is 25.6 Å². The molecule has 0 N–H and O–H groups in total. The molecule has 138 valence electrons. The third kappa shape index (κ3) is 3.49. The first-order valence-electron chi connectivity index (χ1n) is 8.61.